The number of esters is 1. The highest BCUT2D eigenvalue weighted by molar-refractivity contribution is 5.69. The van der Waals surface area contributed by atoms with Crippen LogP contribution >= 0.6 is 0 Å². The first-order chi connectivity index (χ1) is 27.9. The zero-order valence-electron chi connectivity index (χ0n) is 37.4. The van der Waals surface area contributed by atoms with Crippen molar-refractivity contribution in [1.82, 2.24) is 0 Å². The lowest BCUT2D eigenvalue weighted by molar-refractivity contribution is -0.305. The summed E-state index contributed by atoms with van der Waals surface area (Å²) < 4.78 is 22.8. The van der Waals surface area contributed by atoms with E-state index < -0.39 is 43.4 Å². The molecule has 1 saturated heterocycles. The van der Waals surface area contributed by atoms with Crippen LogP contribution in [-0.4, -0.2) is 89.6 Å². The van der Waals surface area contributed by atoms with Gasteiger partial charge < -0.3 is 39.4 Å². The average Bonchev–Trinajstić information content (AvgIpc) is 3.21. The van der Waals surface area contributed by atoms with Gasteiger partial charge in [0.05, 0.1) is 19.8 Å². The number of ether oxygens (including phenoxy) is 4. The Bertz CT molecular complexity index is 843. The van der Waals surface area contributed by atoms with Gasteiger partial charge in [-0.2, -0.15) is 0 Å². The van der Waals surface area contributed by atoms with Gasteiger partial charge in [-0.25, -0.2) is 0 Å². The van der Waals surface area contributed by atoms with E-state index in [0.717, 1.165) is 32.1 Å². The van der Waals surface area contributed by atoms with Crippen molar-refractivity contribution in [2.24, 2.45) is 0 Å². The van der Waals surface area contributed by atoms with Crippen molar-refractivity contribution in [3.8, 4) is 0 Å². The number of aliphatic hydroxyl groups is 4. The molecule has 0 saturated carbocycles. The predicted octanol–water partition coefficient (Wildman–Crippen LogP) is 11.4. The Morgan fingerprint density at radius 2 is 0.860 bits per heavy atom. The lowest BCUT2D eigenvalue weighted by Gasteiger charge is -2.39. The summed E-state index contributed by atoms with van der Waals surface area (Å²) in [5.74, 6) is -0.307. The number of hydrogen-bond donors (Lipinski definition) is 4. The Labute approximate surface area is 351 Å². The molecule has 0 radical (unpaired) electrons. The zero-order chi connectivity index (χ0) is 41.4. The number of unbranched alkanes of at least 4 members (excludes halogenated alkanes) is 32. The van der Waals surface area contributed by atoms with E-state index >= 15 is 0 Å². The fourth-order valence-corrected chi connectivity index (χ4v) is 7.91. The second-order valence-corrected chi connectivity index (χ2v) is 17.3. The number of aliphatic hydroxyl groups excluding tert-OH is 4. The smallest absolute Gasteiger partial charge is 0.306 e. The number of hydrogen-bond acceptors (Lipinski definition) is 9. The van der Waals surface area contributed by atoms with E-state index in [-0.39, 0.29) is 19.2 Å². The number of rotatable bonds is 43. The molecule has 1 heterocycles. The Kier molecular flexibility index (Phi) is 38.6. The third kappa shape index (κ3) is 31.7. The Hall–Kier alpha value is -0.810. The van der Waals surface area contributed by atoms with Crippen molar-refractivity contribution in [1.29, 1.82) is 0 Å². The molecule has 4 N–H and O–H groups in total. The van der Waals surface area contributed by atoms with Crippen molar-refractivity contribution in [3.63, 3.8) is 0 Å². The Morgan fingerprint density at radius 1 is 0.491 bits per heavy atom. The van der Waals surface area contributed by atoms with Crippen molar-refractivity contribution in [2.45, 2.75) is 275 Å². The lowest BCUT2D eigenvalue weighted by atomic mass is 9.99. The molecule has 0 amide bonds. The maximum atomic E-state index is 12.8. The topological polar surface area (TPSA) is 135 Å². The van der Waals surface area contributed by atoms with E-state index in [2.05, 4.69) is 13.8 Å². The fraction of sp³-hybridized carbons (Fsp3) is 0.979. The van der Waals surface area contributed by atoms with Gasteiger partial charge in [-0.15, -0.1) is 0 Å². The van der Waals surface area contributed by atoms with E-state index in [0.29, 0.717) is 13.0 Å². The molecule has 9 heteroatoms. The second-order valence-electron chi connectivity index (χ2n) is 17.3. The van der Waals surface area contributed by atoms with Gasteiger partial charge in [-0.3, -0.25) is 4.79 Å². The molecule has 57 heavy (non-hydrogen) atoms. The molecule has 6 unspecified atom stereocenters. The maximum absolute atomic E-state index is 12.8. The number of carbonyl (C=O) groups excluding carboxylic acids is 1. The maximum Gasteiger partial charge on any atom is 0.306 e. The molecule has 6 atom stereocenters. The molecule has 0 aromatic carbocycles. The second kappa shape index (κ2) is 40.6. The summed E-state index contributed by atoms with van der Waals surface area (Å²) in [7, 11) is 0. The molecule has 0 bridgehead atoms. The fourth-order valence-electron chi connectivity index (χ4n) is 7.91. The van der Waals surface area contributed by atoms with E-state index in [1.165, 1.54) is 186 Å². The van der Waals surface area contributed by atoms with Gasteiger partial charge >= 0.3 is 5.97 Å². The summed E-state index contributed by atoms with van der Waals surface area (Å²) in [6, 6.07) is 0. The molecule has 0 spiro atoms. The van der Waals surface area contributed by atoms with Gasteiger partial charge in [-0.05, 0) is 12.8 Å². The van der Waals surface area contributed by atoms with Crippen molar-refractivity contribution in [3.05, 3.63) is 0 Å². The average molecular weight is 815 g/mol. The van der Waals surface area contributed by atoms with Crippen LogP contribution < -0.4 is 0 Å². The van der Waals surface area contributed by atoms with Gasteiger partial charge in [-0.1, -0.05) is 219 Å². The largest absolute Gasteiger partial charge is 0.457 e. The van der Waals surface area contributed by atoms with Crippen LogP contribution in [0.15, 0.2) is 0 Å². The van der Waals surface area contributed by atoms with E-state index in [9.17, 15) is 25.2 Å². The van der Waals surface area contributed by atoms with Crippen molar-refractivity contribution in [2.75, 3.05) is 26.4 Å². The minimum atomic E-state index is -1.53. The Balaban J connectivity index is 2.10. The molecular formula is C48H94O9. The summed E-state index contributed by atoms with van der Waals surface area (Å²) >= 11 is 0. The van der Waals surface area contributed by atoms with Crippen LogP contribution in [0.2, 0.25) is 0 Å². The highest BCUT2D eigenvalue weighted by atomic mass is 16.7. The molecule has 1 aliphatic heterocycles. The minimum absolute atomic E-state index is 0.105. The normalized spacial score (nSPS) is 20.3. The van der Waals surface area contributed by atoms with Crippen molar-refractivity contribution < 1.29 is 44.2 Å². The van der Waals surface area contributed by atoms with Crippen LogP contribution in [0.25, 0.3) is 0 Å². The molecule has 0 aliphatic carbocycles. The quantitative estimate of drug-likeness (QED) is 0.0350. The van der Waals surface area contributed by atoms with E-state index in [1.807, 2.05) is 0 Å². The molecule has 340 valence electrons. The molecule has 9 nitrogen and oxygen atoms in total. The molecule has 0 aromatic heterocycles. The van der Waals surface area contributed by atoms with Crippen LogP contribution in [0.5, 0.6) is 0 Å². The predicted molar refractivity (Wildman–Crippen MR) is 233 cm³/mol. The first-order valence-corrected chi connectivity index (χ1v) is 24.6. The van der Waals surface area contributed by atoms with Crippen LogP contribution in [0.4, 0.5) is 0 Å². The monoisotopic (exact) mass is 815 g/mol. The first-order valence-electron chi connectivity index (χ1n) is 24.6. The van der Waals surface area contributed by atoms with Gasteiger partial charge in [0.2, 0.25) is 0 Å². The summed E-state index contributed by atoms with van der Waals surface area (Å²) in [4.78, 5) is 12.8. The molecule has 1 fully saturated rings. The highest BCUT2D eigenvalue weighted by Gasteiger charge is 2.44. The third-order valence-electron chi connectivity index (χ3n) is 11.8. The standard InChI is InChI=1S/C48H94O9/c1-3-5-7-9-11-13-14-15-16-17-18-19-20-21-22-23-24-25-26-27-28-29-31-33-35-37-44(50)56-42(40-54-38-36-34-32-30-12-10-8-6-4-2)41-55-48-47(53)46(52)45(51)43(39-49)57-48/h42-43,45-49,51-53H,3-41H2,1-2H3. The van der Waals surface area contributed by atoms with Gasteiger partial charge in [0, 0.05) is 13.0 Å². The van der Waals surface area contributed by atoms with Gasteiger partial charge in [0.1, 0.15) is 30.5 Å². The molecule has 1 aliphatic rings. The minimum Gasteiger partial charge on any atom is -0.457 e. The zero-order valence-corrected chi connectivity index (χ0v) is 37.4. The van der Waals surface area contributed by atoms with E-state index in [4.69, 9.17) is 18.9 Å². The Morgan fingerprint density at radius 3 is 1.25 bits per heavy atom. The molecule has 1 rings (SSSR count). The van der Waals surface area contributed by atoms with Crippen LogP contribution in [0, 0.1) is 0 Å². The molecule has 0 aromatic rings. The number of carbonyl (C=O) groups is 1. The summed E-state index contributed by atoms with van der Waals surface area (Å²) in [6.07, 6.45) is 37.3. The first kappa shape index (κ1) is 54.2. The van der Waals surface area contributed by atoms with Crippen molar-refractivity contribution >= 4 is 5.97 Å². The van der Waals surface area contributed by atoms with Gasteiger partial charge in [0.25, 0.3) is 0 Å². The SMILES string of the molecule is CCCCCCCCCCCCCCCCCCCCCCCCCCCC(=O)OC(COCCCCCCCCCCC)COC1OC(CO)C(O)C(O)C1O. The third-order valence-corrected chi connectivity index (χ3v) is 11.8. The molecular weight excluding hydrogens is 721 g/mol. The van der Waals surface area contributed by atoms with Crippen LogP contribution in [0.1, 0.15) is 239 Å². The van der Waals surface area contributed by atoms with Gasteiger partial charge in [0.15, 0.2) is 6.29 Å². The highest BCUT2D eigenvalue weighted by Crippen LogP contribution is 2.23. The van der Waals surface area contributed by atoms with E-state index in [1.54, 1.807) is 0 Å². The summed E-state index contributed by atoms with van der Waals surface area (Å²) in [5.41, 5.74) is 0. The lowest BCUT2D eigenvalue weighted by Crippen LogP contribution is -2.59. The summed E-state index contributed by atoms with van der Waals surface area (Å²) in [6.45, 7) is 4.59. The van der Waals surface area contributed by atoms with Crippen LogP contribution in [-0.2, 0) is 23.7 Å². The van der Waals surface area contributed by atoms with Crippen LogP contribution in [0.3, 0.4) is 0 Å². The summed E-state index contributed by atoms with van der Waals surface area (Å²) in [5, 5.41) is 40.1.